The second kappa shape index (κ2) is 11.0. The Morgan fingerprint density at radius 2 is 1.29 bits per heavy atom. The van der Waals surface area contributed by atoms with Crippen molar-refractivity contribution in [3.8, 4) is 0 Å². The van der Waals surface area contributed by atoms with Crippen molar-refractivity contribution >= 4 is 37.5 Å². The number of Topliss-reactive ketones (excluding diaryl/α,β-unsaturated/α-hetero) is 1. The van der Waals surface area contributed by atoms with E-state index in [0.29, 0.717) is 18.6 Å². The second-order valence-corrected chi connectivity index (χ2v) is 19.4. The lowest BCUT2D eigenvalue weighted by molar-refractivity contribution is -0.120. The fraction of sp³-hybridized carbons (Fsp3) is 0.457. The number of aryl methyl sites for hydroxylation is 2. The first-order chi connectivity index (χ1) is 17.7. The highest BCUT2D eigenvalue weighted by Gasteiger charge is 2.48. The Morgan fingerprint density at radius 1 is 0.789 bits per heavy atom. The van der Waals surface area contributed by atoms with Gasteiger partial charge < -0.3 is 0 Å². The van der Waals surface area contributed by atoms with Crippen molar-refractivity contribution in [2.24, 2.45) is 5.41 Å². The molecule has 0 atom stereocenters. The predicted octanol–water partition coefficient (Wildman–Crippen LogP) is 8.55. The number of benzene rings is 3. The molecule has 3 aromatic rings. The molecule has 0 saturated carbocycles. The lowest BCUT2D eigenvalue weighted by Gasteiger charge is -2.50. The smallest absolute Gasteiger partial charge is 0.134 e. The van der Waals surface area contributed by atoms with Crippen molar-refractivity contribution in [2.75, 3.05) is 0 Å². The number of carbonyl (C=O) groups is 1. The van der Waals surface area contributed by atoms with Crippen LogP contribution in [0.4, 0.5) is 0 Å². The molecule has 0 unspecified atom stereocenters. The van der Waals surface area contributed by atoms with E-state index >= 15 is 0 Å². The molecule has 0 amide bonds. The van der Waals surface area contributed by atoms with E-state index in [1.165, 1.54) is 38.2 Å². The van der Waals surface area contributed by atoms with Crippen molar-refractivity contribution in [2.45, 2.75) is 98.1 Å². The monoisotopic (exact) mass is 544 g/mol. The molecule has 0 N–H and O–H groups in total. The summed E-state index contributed by atoms with van der Waals surface area (Å²) in [7, 11) is -1.12. The standard InChI is InChI=1S/C35H46OP2/c1-25-14-10-12-16-30(25)37(31-17-13-11-15-26(31)2)24-28-20-27(21-33(3,4)5)18-19-32(28)38-34(6,7)22-29(36)23-35(38,8)9/h10-20H,21-24H2,1-9H3. The van der Waals surface area contributed by atoms with Gasteiger partial charge in [-0.2, -0.15) is 0 Å². The maximum Gasteiger partial charge on any atom is 0.134 e. The van der Waals surface area contributed by atoms with Gasteiger partial charge in [0.2, 0.25) is 0 Å². The van der Waals surface area contributed by atoms with Crippen LogP contribution in [0.2, 0.25) is 0 Å². The molecule has 0 radical (unpaired) electrons. The Kier molecular flexibility index (Phi) is 8.44. The lowest BCUT2D eigenvalue weighted by atomic mass is 9.88. The topological polar surface area (TPSA) is 17.1 Å². The molecule has 4 rings (SSSR count). The summed E-state index contributed by atoms with van der Waals surface area (Å²) in [6, 6.07) is 25.4. The predicted molar refractivity (Wildman–Crippen MR) is 171 cm³/mol. The minimum atomic E-state index is -0.579. The Bertz CT molecular complexity index is 1250. The zero-order valence-corrected chi connectivity index (χ0v) is 26.8. The van der Waals surface area contributed by atoms with E-state index in [1.807, 2.05) is 0 Å². The zero-order valence-electron chi connectivity index (χ0n) is 25.0. The molecule has 3 heteroatoms. The molecule has 38 heavy (non-hydrogen) atoms. The van der Waals surface area contributed by atoms with Crippen molar-refractivity contribution in [3.63, 3.8) is 0 Å². The van der Waals surface area contributed by atoms with Crippen molar-refractivity contribution in [1.29, 1.82) is 0 Å². The van der Waals surface area contributed by atoms with E-state index in [9.17, 15) is 4.79 Å². The molecular weight excluding hydrogens is 498 g/mol. The summed E-state index contributed by atoms with van der Waals surface area (Å²) >= 11 is 0. The first-order valence-electron chi connectivity index (χ1n) is 14.0. The second-order valence-electron chi connectivity index (χ2n) is 13.7. The highest BCUT2D eigenvalue weighted by Crippen LogP contribution is 2.65. The van der Waals surface area contributed by atoms with Crippen molar-refractivity contribution in [3.05, 3.63) is 89.0 Å². The fourth-order valence-corrected chi connectivity index (χ4v) is 13.7. The van der Waals surface area contributed by atoms with Gasteiger partial charge in [0, 0.05) is 19.0 Å². The Morgan fingerprint density at radius 3 is 1.76 bits per heavy atom. The number of rotatable bonds is 6. The van der Waals surface area contributed by atoms with Crippen LogP contribution in [0.25, 0.3) is 0 Å². The molecule has 1 fully saturated rings. The number of hydrogen-bond acceptors (Lipinski definition) is 1. The van der Waals surface area contributed by atoms with Gasteiger partial charge in [0.15, 0.2) is 0 Å². The summed E-state index contributed by atoms with van der Waals surface area (Å²) in [5.74, 6) is 0.423. The van der Waals surface area contributed by atoms with E-state index in [-0.39, 0.29) is 15.7 Å². The third-order valence-corrected chi connectivity index (χ3v) is 14.2. The third-order valence-electron chi connectivity index (χ3n) is 7.73. The van der Waals surface area contributed by atoms with Crippen LogP contribution in [-0.4, -0.2) is 16.1 Å². The molecule has 0 aromatic heterocycles. The number of hydrogen-bond donors (Lipinski definition) is 0. The minimum Gasteiger partial charge on any atom is -0.300 e. The molecule has 1 heterocycles. The van der Waals surface area contributed by atoms with Crippen LogP contribution >= 0.6 is 15.8 Å². The van der Waals surface area contributed by atoms with Crippen LogP contribution in [-0.2, 0) is 17.4 Å². The summed E-state index contributed by atoms with van der Waals surface area (Å²) in [6.45, 7) is 20.9. The Hall–Kier alpha value is -1.81. The average Bonchev–Trinajstić information content (AvgIpc) is 2.77. The van der Waals surface area contributed by atoms with E-state index in [4.69, 9.17) is 0 Å². The Labute approximate surface area is 234 Å². The van der Waals surface area contributed by atoms with Gasteiger partial charge in [-0.05, 0) is 82.1 Å². The molecule has 0 bridgehead atoms. The van der Waals surface area contributed by atoms with Crippen molar-refractivity contribution < 1.29 is 4.79 Å². The summed E-state index contributed by atoms with van der Waals surface area (Å²) in [6.07, 6.45) is 3.48. The van der Waals surface area contributed by atoms with Gasteiger partial charge >= 0.3 is 0 Å². The zero-order chi connectivity index (χ0) is 27.9. The molecule has 1 aliphatic heterocycles. The van der Waals surface area contributed by atoms with Gasteiger partial charge in [0.25, 0.3) is 0 Å². The van der Waals surface area contributed by atoms with Crippen LogP contribution in [0.1, 0.15) is 83.6 Å². The van der Waals surface area contributed by atoms with E-state index in [2.05, 4.69) is 129 Å². The normalized spacial score (nSPS) is 17.7. The van der Waals surface area contributed by atoms with Gasteiger partial charge in [-0.15, -0.1) is 0 Å². The lowest BCUT2D eigenvalue weighted by Crippen LogP contribution is -2.44. The SMILES string of the molecule is Cc1ccccc1P(Cc1cc(CC(C)(C)C)ccc1P1C(C)(C)CC(=O)CC1(C)C)c1ccccc1C. The molecule has 1 nitrogen and oxygen atoms in total. The van der Waals surface area contributed by atoms with Crippen LogP contribution < -0.4 is 15.9 Å². The number of ketones is 1. The van der Waals surface area contributed by atoms with E-state index in [1.54, 1.807) is 0 Å². The highest BCUT2D eigenvalue weighted by molar-refractivity contribution is 7.73. The van der Waals surface area contributed by atoms with Crippen LogP contribution in [0.5, 0.6) is 0 Å². The molecule has 0 spiro atoms. The summed E-state index contributed by atoms with van der Waals surface area (Å²) in [4.78, 5) is 12.8. The maximum absolute atomic E-state index is 12.8. The Balaban J connectivity index is 1.91. The average molecular weight is 545 g/mol. The highest BCUT2D eigenvalue weighted by atomic mass is 31.1. The molecular formula is C35H46OP2. The number of carbonyl (C=O) groups excluding carboxylic acids is 1. The first kappa shape index (κ1) is 29.2. The van der Waals surface area contributed by atoms with Crippen LogP contribution in [0, 0.1) is 19.3 Å². The summed E-state index contributed by atoms with van der Waals surface area (Å²) in [5.41, 5.74) is 5.93. The maximum atomic E-state index is 12.8. The molecule has 1 aliphatic rings. The molecule has 202 valence electrons. The van der Waals surface area contributed by atoms with Gasteiger partial charge in [0.1, 0.15) is 5.78 Å². The molecule has 0 aliphatic carbocycles. The van der Waals surface area contributed by atoms with Crippen molar-refractivity contribution in [1.82, 2.24) is 0 Å². The van der Waals surface area contributed by atoms with Gasteiger partial charge in [-0.1, -0.05) is 123 Å². The largest absolute Gasteiger partial charge is 0.300 e. The van der Waals surface area contributed by atoms with E-state index < -0.39 is 15.8 Å². The molecule has 3 aromatic carbocycles. The van der Waals surface area contributed by atoms with Gasteiger partial charge in [0.05, 0.1) is 0 Å². The third kappa shape index (κ3) is 6.49. The molecule has 1 saturated heterocycles. The van der Waals surface area contributed by atoms with Crippen LogP contribution in [0.3, 0.4) is 0 Å². The summed E-state index contributed by atoms with van der Waals surface area (Å²) < 4.78 is 0. The van der Waals surface area contributed by atoms with Crippen LogP contribution in [0.15, 0.2) is 66.7 Å². The van der Waals surface area contributed by atoms with Gasteiger partial charge in [-0.3, -0.25) is 4.79 Å². The van der Waals surface area contributed by atoms with Gasteiger partial charge in [-0.25, -0.2) is 0 Å². The first-order valence-corrected chi connectivity index (χ1v) is 16.9. The minimum absolute atomic E-state index is 0.0114. The quantitative estimate of drug-likeness (QED) is 0.284. The summed E-state index contributed by atoms with van der Waals surface area (Å²) in [5, 5.41) is 4.46. The van der Waals surface area contributed by atoms with E-state index in [0.717, 1.165) is 12.6 Å². The fourth-order valence-electron chi connectivity index (χ4n) is 6.57.